The number of aromatic nitrogens is 1. The number of benzene rings is 6. The number of fused-ring (bicyclic) bond motifs is 8. The van der Waals surface area contributed by atoms with Gasteiger partial charge in [0.05, 0.1) is 5.69 Å². The third-order valence-electron chi connectivity index (χ3n) is 10.8. The molecule has 0 N–H and O–H groups in total. The molecule has 212 valence electrons. The van der Waals surface area contributed by atoms with Gasteiger partial charge in [-0.25, -0.2) is 0 Å². The number of para-hydroxylation sites is 1. The highest BCUT2D eigenvalue weighted by atomic mass is 15.1. The Bertz CT molecular complexity index is 2360. The lowest BCUT2D eigenvalue weighted by Crippen LogP contribution is -2.60. The van der Waals surface area contributed by atoms with Gasteiger partial charge in [0, 0.05) is 51.6 Å². The zero-order chi connectivity index (χ0) is 30.0. The Labute approximate surface area is 264 Å². The highest BCUT2D eigenvalue weighted by molar-refractivity contribution is 7.00. The summed E-state index contributed by atoms with van der Waals surface area (Å²) in [6.07, 6.45) is 0. The minimum atomic E-state index is -0.0413. The molecule has 0 fully saturated rings. The van der Waals surface area contributed by atoms with E-state index in [0.717, 1.165) is 0 Å². The quantitative estimate of drug-likeness (QED) is 0.189. The van der Waals surface area contributed by atoms with Gasteiger partial charge in [0.25, 0.3) is 6.71 Å². The van der Waals surface area contributed by atoms with Crippen molar-refractivity contribution < 1.29 is 0 Å². The average Bonchev–Trinajstić information content (AvgIpc) is 3.55. The highest BCUT2D eigenvalue weighted by Crippen LogP contribution is 2.53. The van der Waals surface area contributed by atoms with Crippen LogP contribution in [-0.2, 0) is 5.41 Å². The van der Waals surface area contributed by atoms with Gasteiger partial charge in [-0.05, 0) is 56.3 Å². The van der Waals surface area contributed by atoms with Gasteiger partial charge in [0.15, 0.2) is 0 Å². The molecule has 2 nitrogen and oxygen atoms in total. The normalized spacial score (nSPS) is 14.6. The van der Waals surface area contributed by atoms with Crippen LogP contribution in [-0.4, -0.2) is 18.3 Å². The SMILES string of the molecule is CN1c2cccc3c2B(c2ccc4c(c21)-c1ccccc1C4(C)C)c1cccc2c(-c4ccccc4)c(-c4ccccc4)n-3c12. The first-order chi connectivity index (χ1) is 22.1. The number of anilines is 2. The van der Waals surface area contributed by atoms with Crippen molar-refractivity contribution in [2.75, 3.05) is 11.9 Å². The zero-order valence-corrected chi connectivity index (χ0v) is 25.7. The molecule has 3 aliphatic rings. The van der Waals surface area contributed by atoms with Gasteiger partial charge in [-0.15, -0.1) is 0 Å². The van der Waals surface area contributed by atoms with Crippen molar-refractivity contribution in [2.24, 2.45) is 0 Å². The van der Waals surface area contributed by atoms with E-state index in [1.807, 2.05) is 0 Å². The highest BCUT2D eigenvalue weighted by Gasteiger charge is 2.45. The van der Waals surface area contributed by atoms with Gasteiger partial charge in [-0.2, -0.15) is 0 Å². The predicted octanol–water partition coefficient (Wildman–Crippen LogP) is 8.18. The van der Waals surface area contributed by atoms with Gasteiger partial charge in [-0.1, -0.05) is 135 Å². The van der Waals surface area contributed by atoms with E-state index in [9.17, 15) is 0 Å². The van der Waals surface area contributed by atoms with Gasteiger partial charge in [-0.3, -0.25) is 0 Å². The van der Waals surface area contributed by atoms with Crippen LogP contribution < -0.4 is 21.3 Å². The second kappa shape index (κ2) is 8.67. The van der Waals surface area contributed by atoms with Gasteiger partial charge in [0.1, 0.15) is 0 Å². The summed E-state index contributed by atoms with van der Waals surface area (Å²) >= 11 is 0. The number of rotatable bonds is 2. The molecule has 45 heavy (non-hydrogen) atoms. The van der Waals surface area contributed by atoms with Crippen LogP contribution in [0.5, 0.6) is 0 Å². The number of hydrogen-bond donors (Lipinski definition) is 0. The van der Waals surface area contributed by atoms with E-state index in [4.69, 9.17) is 0 Å². The minimum Gasteiger partial charge on any atom is -0.345 e. The molecule has 3 heteroatoms. The average molecular weight is 575 g/mol. The zero-order valence-electron chi connectivity index (χ0n) is 25.7. The summed E-state index contributed by atoms with van der Waals surface area (Å²) in [6.45, 7) is 4.90. The second-order valence-corrected chi connectivity index (χ2v) is 13.3. The fourth-order valence-corrected chi connectivity index (χ4v) is 8.91. The lowest BCUT2D eigenvalue weighted by molar-refractivity contribution is 0.660. The molecule has 0 saturated carbocycles. The van der Waals surface area contributed by atoms with Crippen molar-refractivity contribution >= 4 is 45.4 Å². The summed E-state index contributed by atoms with van der Waals surface area (Å²) in [6, 6.07) is 49.7. The second-order valence-electron chi connectivity index (χ2n) is 13.3. The Morgan fingerprint density at radius 1 is 0.556 bits per heavy atom. The molecular weight excluding hydrogens is 543 g/mol. The number of hydrogen-bond acceptors (Lipinski definition) is 1. The molecule has 0 unspecified atom stereocenters. The third-order valence-corrected chi connectivity index (χ3v) is 10.8. The molecule has 1 aliphatic carbocycles. The molecular formula is C42H31BN2. The summed E-state index contributed by atoms with van der Waals surface area (Å²) in [5.74, 6) is 0. The molecule has 0 bridgehead atoms. The first-order valence-corrected chi connectivity index (χ1v) is 16.0. The molecule has 0 spiro atoms. The summed E-state index contributed by atoms with van der Waals surface area (Å²) < 4.78 is 2.57. The molecule has 7 aromatic rings. The Morgan fingerprint density at radius 2 is 1.24 bits per heavy atom. The van der Waals surface area contributed by atoms with Crippen LogP contribution in [0.2, 0.25) is 0 Å². The molecule has 1 aromatic heterocycles. The van der Waals surface area contributed by atoms with Gasteiger partial charge >= 0.3 is 0 Å². The van der Waals surface area contributed by atoms with Crippen LogP contribution in [0.1, 0.15) is 25.0 Å². The van der Waals surface area contributed by atoms with Crippen molar-refractivity contribution in [3.05, 3.63) is 145 Å². The smallest absolute Gasteiger partial charge is 0.252 e. The lowest BCUT2D eigenvalue weighted by atomic mass is 9.33. The first-order valence-electron chi connectivity index (χ1n) is 16.0. The topological polar surface area (TPSA) is 8.17 Å². The van der Waals surface area contributed by atoms with Crippen LogP contribution in [0.3, 0.4) is 0 Å². The van der Waals surface area contributed by atoms with E-state index in [0.29, 0.717) is 0 Å². The van der Waals surface area contributed by atoms with Crippen molar-refractivity contribution in [2.45, 2.75) is 19.3 Å². The summed E-state index contributed by atoms with van der Waals surface area (Å²) in [5.41, 5.74) is 20.0. The minimum absolute atomic E-state index is 0.0413. The van der Waals surface area contributed by atoms with Crippen LogP contribution in [0.4, 0.5) is 11.4 Å². The fraction of sp³-hybridized carbons (Fsp3) is 0.0952. The van der Waals surface area contributed by atoms with Crippen LogP contribution in [0, 0.1) is 0 Å². The maximum Gasteiger partial charge on any atom is 0.252 e. The first kappa shape index (κ1) is 25.1. The molecule has 2 aliphatic heterocycles. The molecule has 0 radical (unpaired) electrons. The molecule has 0 atom stereocenters. The van der Waals surface area contributed by atoms with Crippen molar-refractivity contribution in [1.29, 1.82) is 0 Å². The third kappa shape index (κ3) is 3.06. The van der Waals surface area contributed by atoms with E-state index < -0.39 is 0 Å². The Kier molecular flexibility index (Phi) is 4.83. The predicted molar refractivity (Wildman–Crippen MR) is 191 cm³/mol. The molecule has 6 aromatic carbocycles. The maximum atomic E-state index is 2.57. The van der Waals surface area contributed by atoms with Crippen LogP contribution in [0.25, 0.3) is 50.1 Å². The van der Waals surface area contributed by atoms with E-state index in [-0.39, 0.29) is 12.1 Å². The van der Waals surface area contributed by atoms with Crippen molar-refractivity contribution in [1.82, 2.24) is 4.57 Å². The summed E-state index contributed by atoms with van der Waals surface area (Å²) in [5, 5.41) is 1.31. The molecule has 0 saturated heterocycles. The monoisotopic (exact) mass is 574 g/mol. The van der Waals surface area contributed by atoms with Crippen molar-refractivity contribution in [3.63, 3.8) is 0 Å². The van der Waals surface area contributed by atoms with E-state index in [1.54, 1.807) is 0 Å². The van der Waals surface area contributed by atoms with E-state index >= 15 is 0 Å². The van der Waals surface area contributed by atoms with E-state index in [1.165, 1.54) is 89.0 Å². The summed E-state index contributed by atoms with van der Waals surface area (Å²) in [7, 11) is 2.28. The van der Waals surface area contributed by atoms with E-state index in [2.05, 4.69) is 164 Å². The Morgan fingerprint density at radius 3 is 2.04 bits per heavy atom. The Hall–Kier alpha value is -5.28. The van der Waals surface area contributed by atoms with Crippen LogP contribution >= 0.6 is 0 Å². The largest absolute Gasteiger partial charge is 0.345 e. The Balaban J connectivity index is 1.36. The maximum absolute atomic E-state index is 2.57. The number of nitrogens with zero attached hydrogens (tertiary/aromatic N) is 2. The van der Waals surface area contributed by atoms with Gasteiger partial charge in [0.2, 0.25) is 0 Å². The van der Waals surface area contributed by atoms with Crippen LogP contribution in [0.15, 0.2) is 133 Å². The van der Waals surface area contributed by atoms with Gasteiger partial charge < -0.3 is 9.47 Å². The molecule has 0 amide bonds. The summed E-state index contributed by atoms with van der Waals surface area (Å²) in [4.78, 5) is 2.48. The standard InChI is InChI=1S/C42H31BN2/c1-42(2)30-20-11-10-18-28(30)37-31(42)24-25-33-41(37)44(3)34-22-13-23-35-38(34)43(33)32-21-12-19-29-36(26-14-6-4-7-15-26)39(45(35)40(29)32)27-16-8-5-9-17-27/h4-25H,1-3H3. The fourth-order valence-electron chi connectivity index (χ4n) is 8.91. The molecule has 3 heterocycles. The molecule has 10 rings (SSSR count). The lowest BCUT2D eigenvalue weighted by Gasteiger charge is -2.40. The van der Waals surface area contributed by atoms with Crippen molar-refractivity contribution in [3.8, 4) is 39.2 Å².